The first-order valence-corrected chi connectivity index (χ1v) is 7.42. The van der Waals surface area contributed by atoms with Crippen LogP contribution in [-0.2, 0) is 16.1 Å². The summed E-state index contributed by atoms with van der Waals surface area (Å²) in [5, 5.41) is 18.4. The zero-order valence-corrected chi connectivity index (χ0v) is 13.0. The highest BCUT2D eigenvalue weighted by atomic mass is 16.4. The highest BCUT2D eigenvalue weighted by Crippen LogP contribution is 2.19. The summed E-state index contributed by atoms with van der Waals surface area (Å²) in [6.45, 7) is 0.876. The first-order chi connectivity index (χ1) is 11.6. The Bertz CT molecular complexity index is 794. The van der Waals surface area contributed by atoms with Gasteiger partial charge in [0.2, 0.25) is 0 Å². The van der Waals surface area contributed by atoms with Crippen LogP contribution >= 0.6 is 0 Å². The number of nitrogens with zero attached hydrogens (tertiary/aromatic N) is 2. The zero-order valence-electron chi connectivity index (χ0n) is 13.0. The highest BCUT2D eigenvalue weighted by Gasteiger charge is 2.01. The molecular formula is C18H18N2O4. The Morgan fingerprint density at radius 2 is 1.62 bits per heavy atom. The minimum absolute atomic E-state index is 0.296. The number of carbonyl (C=O) groups is 2. The number of carboxylic acids is 2. The highest BCUT2D eigenvalue weighted by molar-refractivity contribution is 5.85. The third-order valence-corrected chi connectivity index (χ3v) is 3.34. The SMILES string of the molecule is O=C(O)CCC(=O)O.c1ccc2c(Cn3ccnc3)cccc2c1. The standard InChI is InChI=1S/C14H12N2.C4H6O4/c1-2-7-14-12(4-1)5-3-6-13(14)10-16-9-8-15-11-16;5-3(6)1-2-4(7)8/h1-9,11H,10H2;1-2H2,(H,5,6)(H,7,8). The molecule has 0 saturated carbocycles. The molecule has 0 atom stereocenters. The molecule has 124 valence electrons. The summed E-state index contributed by atoms with van der Waals surface area (Å²) in [4.78, 5) is 23.3. The van der Waals surface area contributed by atoms with Crippen molar-refractivity contribution in [3.63, 3.8) is 0 Å². The summed E-state index contributed by atoms with van der Waals surface area (Å²) in [5.41, 5.74) is 1.33. The van der Waals surface area contributed by atoms with E-state index in [-0.39, 0.29) is 12.8 Å². The molecule has 0 aliphatic rings. The molecule has 0 amide bonds. The molecule has 24 heavy (non-hydrogen) atoms. The van der Waals surface area contributed by atoms with Crippen LogP contribution in [0.15, 0.2) is 61.2 Å². The fourth-order valence-corrected chi connectivity index (χ4v) is 2.22. The minimum atomic E-state index is -1.08. The second-order valence-corrected chi connectivity index (χ2v) is 5.16. The number of carboxylic acid groups (broad SMARTS) is 2. The van der Waals surface area contributed by atoms with E-state index < -0.39 is 11.9 Å². The summed E-state index contributed by atoms with van der Waals surface area (Å²) in [6, 6.07) is 14.9. The van der Waals surface area contributed by atoms with E-state index in [1.54, 1.807) is 0 Å². The van der Waals surface area contributed by atoms with Gasteiger partial charge in [0.25, 0.3) is 0 Å². The van der Waals surface area contributed by atoms with Gasteiger partial charge in [-0.3, -0.25) is 9.59 Å². The number of hydrogen-bond donors (Lipinski definition) is 2. The second kappa shape index (κ2) is 8.47. The molecule has 0 aliphatic heterocycles. The molecule has 1 heterocycles. The molecule has 0 radical (unpaired) electrons. The molecule has 6 nitrogen and oxygen atoms in total. The van der Waals surface area contributed by atoms with Gasteiger partial charge in [-0.15, -0.1) is 0 Å². The smallest absolute Gasteiger partial charge is 0.303 e. The molecule has 1 aromatic heterocycles. The van der Waals surface area contributed by atoms with Gasteiger partial charge < -0.3 is 14.8 Å². The van der Waals surface area contributed by atoms with Crippen molar-refractivity contribution in [2.24, 2.45) is 0 Å². The van der Waals surface area contributed by atoms with Gasteiger partial charge in [0.15, 0.2) is 0 Å². The average molecular weight is 326 g/mol. The monoisotopic (exact) mass is 326 g/mol. The molecule has 6 heteroatoms. The van der Waals surface area contributed by atoms with Crippen LogP contribution in [0.1, 0.15) is 18.4 Å². The molecule has 0 unspecified atom stereocenters. The summed E-state index contributed by atoms with van der Waals surface area (Å²) in [7, 11) is 0. The van der Waals surface area contributed by atoms with Crippen molar-refractivity contribution in [2.45, 2.75) is 19.4 Å². The van der Waals surface area contributed by atoms with Crippen molar-refractivity contribution >= 4 is 22.7 Å². The Kier molecular flexibility index (Phi) is 6.08. The normalized spacial score (nSPS) is 10.0. The Morgan fingerprint density at radius 1 is 0.958 bits per heavy atom. The molecule has 0 spiro atoms. The molecule has 2 aromatic carbocycles. The van der Waals surface area contributed by atoms with Gasteiger partial charge in [0.1, 0.15) is 0 Å². The maximum atomic E-state index is 9.64. The van der Waals surface area contributed by atoms with Gasteiger partial charge in [0.05, 0.1) is 19.2 Å². The lowest BCUT2D eigenvalue weighted by molar-refractivity contribution is -0.143. The Hall–Kier alpha value is -3.15. The van der Waals surface area contributed by atoms with Gasteiger partial charge >= 0.3 is 11.9 Å². The maximum absolute atomic E-state index is 9.64. The van der Waals surface area contributed by atoms with Crippen LogP contribution in [0.25, 0.3) is 10.8 Å². The van der Waals surface area contributed by atoms with Crippen LogP contribution in [0, 0.1) is 0 Å². The maximum Gasteiger partial charge on any atom is 0.303 e. The van der Waals surface area contributed by atoms with E-state index in [4.69, 9.17) is 10.2 Å². The fraction of sp³-hybridized carbons (Fsp3) is 0.167. The van der Waals surface area contributed by atoms with E-state index in [1.165, 1.54) is 16.3 Å². The molecule has 2 N–H and O–H groups in total. The zero-order chi connectivity index (χ0) is 17.4. The Labute approximate surface area is 139 Å². The molecule has 0 fully saturated rings. The fourth-order valence-electron chi connectivity index (χ4n) is 2.22. The van der Waals surface area contributed by atoms with Gasteiger partial charge in [0, 0.05) is 18.9 Å². The van der Waals surface area contributed by atoms with Crippen LogP contribution in [0.5, 0.6) is 0 Å². The minimum Gasteiger partial charge on any atom is -0.481 e. The summed E-state index contributed by atoms with van der Waals surface area (Å²) in [5.74, 6) is -2.15. The van der Waals surface area contributed by atoms with E-state index in [9.17, 15) is 9.59 Å². The van der Waals surface area contributed by atoms with Crippen LogP contribution < -0.4 is 0 Å². The Balaban J connectivity index is 0.000000224. The van der Waals surface area contributed by atoms with Crippen molar-refractivity contribution in [2.75, 3.05) is 0 Å². The first kappa shape index (κ1) is 17.2. The summed E-state index contributed by atoms with van der Waals surface area (Å²) >= 11 is 0. The van der Waals surface area contributed by atoms with Crippen LogP contribution in [0.2, 0.25) is 0 Å². The predicted molar refractivity (Wildman–Crippen MR) is 89.8 cm³/mol. The average Bonchev–Trinajstić information content (AvgIpc) is 3.07. The molecule has 3 aromatic rings. The van der Waals surface area contributed by atoms with E-state index in [1.807, 2.05) is 18.7 Å². The molecular weight excluding hydrogens is 308 g/mol. The summed E-state index contributed by atoms with van der Waals surface area (Å²) < 4.78 is 2.09. The van der Waals surface area contributed by atoms with E-state index in [2.05, 4.69) is 52.0 Å². The summed E-state index contributed by atoms with van der Waals surface area (Å²) in [6.07, 6.45) is 5.05. The van der Waals surface area contributed by atoms with E-state index in [0.29, 0.717) is 0 Å². The first-order valence-electron chi connectivity index (χ1n) is 7.42. The molecule has 0 saturated heterocycles. The Morgan fingerprint density at radius 3 is 2.25 bits per heavy atom. The lowest BCUT2D eigenvalue weighted by Gasteiger charge is -2.06. The van der Waals surface area contributed by atoms with E-state index in [0.717, 1.165) is 6.54 Å². The quantitative estimate of drug-likeness (QED) is 0.752. The van der Waals surface area contributed by atoms with Crippen molar-refractivity contribution < 1.29 is 19.8 Å². The van der Waals surface area contributed by atoms with Gasteiger partial charge in [-0.2, -0.15) is 0 Å². The van der Waals surface area contributed by atoms with Crippen molar-refractivity contribution in [3.05, 3.63) is 66.7 Å². The third kappa shape index (κ3) is 5.24. The van der Waals surface area contributed by atoms with E-state index >= 15 is 0 Å². The molecule has 0 bridgehead atoms. The van der Waals surface area contributed by atoms with Crippen molar-refractivity contribution in [1.82, 2.24) is 9.55 Å². The largest absolute Gasteiger partial charge is 0.481 e. The lowest BCUT2D eigenvalue weighted by atomic mass is 10.0. The molecule has 0 aliphatic carbocycles. The van der Waals surface area contributed by atoms with Crippen molar-refractivity contribution in [3.8, 4) is 0 Å². The topological polar surface area (TPSA) is 92.4 Å². The number of hydrogen-bond acceptors (Lipinski definition) is 3. The number of imidazole rings is 1. The van der Waals surface area contributed by atoms with Crippen LogP contribution in [-0.4, -0.2) is 31.7 Å². The molecule has 3 rings (SSSR count). The van der Waals surface area contributed by atoms with Gasteiger partial charge in [-0.25, -0.2) is 4.98 Å². The number of rotatable bonds is 5. The second-order valence-electron chi connectivity index (χ2n) is 5.16. The third-order valence-electron chi connectivity index (χ3n) is 3.34. The number of fused-ring (bicyclic) bond motifs is 1. The number of aromatic nitrogens is 2. The predicted octanol–water partition coefficient (Wildman–Crippen LogP) is 3.02. The van der Waals surface area contributed by atoms with Crippen LogP contribution in [0.4, 0.5) is 0 Å². The van der Waals surface area contributed by atoms with Gasteiger partial charge in [-0.05, 0) is 16.3 Å². The van der Waals surface area contributed by atoms with Crippen LogP contribution in [0.3, 0.4) is 0 Å². The number of aliphatic carboxylic acids is 2. The lowest BCUT2D eigenvalue weighted by Crippen LogP contribution is -2.00. The number of benzene rings is 2. The van der Waals surface area contributed by atoms with Crippen molar-refractivity contribution in [1.29, 1.82) is 0 Å². The van der Waals surface area contributed by atoms with Gasteiger partial charge in [-0.1, -0.05) is 42.5 Å².